The van der Waals surface area contributed by atoms with Crippen molar-refractivity contribution in [2.45, 2.75) is 20.0 Å². The number of ether oxygens (including phenoxy) is 7. The van der Waals surface area contributed by atoms with E-state index in [0.717, 1.165) is 0 Å². The molecule has 0 aliphatic heterocycles. The number of carbonyl (C=O) groups is 1. The summed E-state index contributed by atoms with van der Waals surface area (Å²) < 4.78 is 41.9. The predicted molar refractivity (Wildman–Crippen MR) is 163 cm³/mol. The second-order valence-electron chi connectivity index (χ2n) is 9.81. The minimum Gasteiger partial charge on any atom is -0.496 e. The molecular formula is C30H44N4O9. The van der Waals surface area contributed by atoms with Crippen LogP contribution in [0.4, 0.5) is 5.69 Å². The Morgan fingerprint density at radius 3 is 1.93 bits per heavy atom. The molecule has 43 heavy (non-hydrogen) atoms. The molecule has 0 radical (unpaired) electrons. The zero-order chi connectivity index (χ0) is 31.2. The Balaban J connectivity index is 1.49. The minimum atomic E-state index is -0.397. The molecule has 1 heterocycles. The Bertz CT molecular complexity index is 1370. The lowest BCUT2D eigenvalue weighted by molar-refractivity contribution is -0.00387. The maximum atomic E-state index is 13.3. The Morgan fingerprint density at radius 1 is 0.814 bits per heavy atom. The van der Waals surface area contributed by atoms with Crippen molar-refractivity contribution < 1.29 is 38.0 Å². The fourth-order valence-electron chi connectivity index (χ4n) is 4.18. The molecule has 0 aliphatic carbocycles. The fourth-order valence-corrected chi connectivity index (χ4v) is 4.18. The number of nitrogens with zero attached hydrogens (tertiary/aromatic N) is 2. The molecule has 2 aromatic carbocycles. The Morgan fingerprint density at radius 2 is 1.37 bits per heavy atom. The zero-order valence-electron chi connectivity index (χ0n) is 25.7. The summed E-state index contributed by atoms with van der Waals surface area (Å²) in [4.78, 5) is 25.8. The number of anilines is 1. The molecule has 13 heteroatoms. The molecule has 0 bridgehead atoms. The van der Waals surface area contributed by atoms with Gasteiger partial charge in [0.05, 0.1) is 88.4 Å². The van der Waals surface area contributed by atoms with Crippen molar-refractivity contribution in [3.63, 3.8) is 0 Å². The number of hydrogen-bond acceptors (Lipinski definition) is 10. The summed E-state index contributed by atoms with van der Waals surface area (Å²) >= 11 is 0. The molecule has 13 nitrogen and oxygen atoms in total. The number of fused-ring (bicyclic) bond motifs is 1. The van der Waals surface area contributed by atoms with Gasteiger partial charge in [0.1, 0.15) is 23.9 Å². The summed E-state index contributed by atoms with van der Waals surface area (Å²) in [6.45, 7) is 8.36. The first kappa shape index (κ1) is 33.9. The quantitative estimate of drug-likeness (QED) is 0.184. The maximum absolute atomic E-state index is 13.3. The number of nitrogens with one attached hydrogen (secondary N) is 1. The fraction of sp³-hybridized carbons (Fsp3) is 0.533. The number of imidazole rings is 1. The number of benzene rings is 2. The van der Waals surface area contributed by atoms with Crippen molar-refractivity contribution in [2.24, 2.45) is 19.8 Å². The van der Waals surface area contributed by atoms with E-state index in [1.54, 1.807) is 44.4 Å². The van der Waals surface area contributed by atoms with Crippen LogP contribution in [0.2, 0.25) is 0 Å². The topological polar surface area (TPSA) is 147 Å². The van der Waals surface area contributed by atoms with E-state index in [2.05, 4.69) is 5.32 Å². The number of carbonyl (C=O) groups excluding carboxylic acids is 1. The van der Waals surface area contributed by atoms with Crippen LogP contribution in [0.5, 0.6) is 17.2 Å². The van der Waals surface area contributed by atoms with Gasteiger partial charge in [-0.25, -0.2) is 4.79 Å². The summed E-state index contributed by atoms with van der Waals surface area (Å²) in [5.41, 5.74) is 7.29. The Labute approximate surface area is 251 Å². The molecule has 1 aromatic heterocycles. The first-order valence-corrected chi connectivity index (χ1v) is 14.3. The van der Waals surface area contributed by atoms with Gasteiger partial charge in [0.2, 0.25) is 0 Å². The van der Waals surface area contributed by atoms with Crippen LogP contribution in [-0.2, 0) is 33.0 Å². The van der Waals surface area contributed by atoms with Gasteiger partial charge >= 0.3 is 5.69 Å². The van der Waals surface area contributed by atoms with Gasteiger partial charge in [-0.3, -0.25) is 13.9 Å². The molecule has 0 atom stereocenters. The van der Waals surface area contributed by atoms with E-state index in [9.17, 15) is 9.59 Å². The van der Waals surface area contributed by atoms with Crippen LogP contribution < -0.4 is 31.0 Å². The van der Waals surface area contributed by atoms with Crippen LogP contribution in [0.1, 0.15) is 24.2 Å². The van der Waals surface area contributed by atoms with Gasteiger partial charge in [0.25, 0.3) is 5.91 Å². The number of rotatable bonds is 20. The average molecular weight is 605 g/mol. The van der Waals surface area contributed by atoms with Crippen molar-refractivity contribution in [3.05, 3.63) is 46.4 Å². The lowest BCUT2D eigenvalue weighted by Crippen LogP contribution is -2.19. The lowest BCUT2D eigenvalue weighted by atomic mass is 10.1. The SMILES string of the molecule is COc1cc(OCCOCCOCCOCCOCCN)ccc1C(=O)Nc1cc2c(cc1OC(C)C)n(C)c(=O)n2C. The van der Waals surface area contributed by atoms with Crippen molar-refractivity contribution >= 4 is 22.6 Å². The highest BCUT2D eigenvalue weighted by molar-refractivity contribution is 6.08. The van der Waals surface area contributed by atoms with Gasteiger partial charge in [-0.2, -0.15) is 0 Å². The summed E-state index contributed by atoms with van der Waals surface area (Å²) in [5, 5.41) is 2.91. The number of amides is 1. The minimum absolute atomic E-state index is 0.145. The molecule has 0 fully saturated rings. The van der Waals surface area contributed by atoms with Crippen LogP contribution >= 0.6 is 0 Å². The van der Waals surface area contributed by atoms with Crippen molar-refractivity contribution in [3.8, 4) is 17.2 Å². The van der Waals surface area contributed by atoms with Crippen LogP contribution in [0.3, 0.4) is 0 Å². The van der Waals surface area contributed by atoms with Gasteiger partial charge in [-0.05, 0) is 32.0 Å². The largest absolute Gasteiger partial charge is 0.496 e. The zero-order valence-corrected chi connectivity index (χ0v) is 25.7. The molecule has 3 rings (SSSR count). The Kier molecular flexibility index (Phi) is 13.8. The highest BCUT2D eigenvalue weighted by atomic mass is 16.6. The molecule has 1 amide bonds. The molecule has 0 saturated heterocycles. The number of aryl methyl sites for hydroxylation is 2. The van der Waals surface area contributed by atoms with Crippen molar-refractivity contribution in [2.75, 3.05) is 78.4 Å². The monoisotopic (exact) mass is 604 g/mol. The van der Waals surface area contributed by atoms with E-state index in [1.807, 2.05) is 13.8 Å². The number of hydrogen-bond donors (Lipinski definition) is 2. The molecule has 3 aromatic rings. The van der Waals surface area contributed by atoms with Crippen LogP contribution in [-0.4, -0.2) is 94.3 Å². The summed E-state index contributed by atoms with van der Waals surface area (Å²) in [7, 11) is 4.86. The highest BCUT2D eigenvalue weighted by Gasteiger charge is 2.19. The Hall–Kier alpha value is -3.62. The molecule has 0 unspecified atom stereocenters. The number of aromatic nitrogens is 2. The number of methoxy groups -OCH3 is 1. The standard InChI is InChI=1S/C30H44N4O9/c1-21(2)43-28-20-26-25(33(3)30(36)34(26)4)19-24(28)32-29(35)23-7-6-22(18-27(23)37-5)42-17-16-41-15-14-40-13-12-39-11-10-38-9-8-31/h6-7,18-21H,8-17,31H2,1-5H3,(H,32,35). The van der Waals surface area contributed by atoms with E-state index in [4.69, 9.17) is 38.9 Å². The second-order valence-corrected chi connectivity index (χ2v) is 9.81. The highest BCUT2D eigenvalue weighted by Crippen LogP contribution is 2.32. The van der Waals surface area contributed by atoms with Gasteiger partial charge in [-0.15, -0.1) is 0 Å². The van der Waals surface area contributed by atoms with Crippen molar-refractivity contribution in [1.82, 2.24) is 9.13 Å². The first-order chi connectivity index (χ1) is 20.8. The molecule has 0 spiro atoms. The van der Waals surface area contributed by atoms with Gasteiger partial charge < -0.3 is 44.2 Å². The summed E-state index contributed by atoms with van der Waals surface area (Å²) in [6.07, 6.45) is -0.145. The van der Waals surface area contributed by atoms with Crippen molar-refractivity contribution in [1.29, 1.82) is 0 Å². The molecule has 3 N–H and O–H groups in total. The van der Waals surface area contributed by atoms with Gasteiger partial charge in [-0.1, -0.05) is 0 Å². The third-order valence-electron chi connectivity index (χ3n) is 6.28. The van der Waals surface area contributed by atoms with E-state index in [-0.39, 0.29) is 11.8 Å². The summed E-state index contributed by atoms with van der Waals surface area (Å²) in [5.74, 6) is 0.937. The predicted octanol–water partition coefficient (Wildman–Crippen LogP) is 2.33. The average Bonchev–Trinajstić information content (AvgIpc) is 3.19. The third-order valence-corrected chi connectivity index (χ3v) is 6.28. The maximum Gasteiger partial charge on any atom is 0.328 e. The summed E-state index contributed by atoms with van der Waals surface area (Å²) in [6, 6.07) is 8.46. The molecule has 238 valence electrons. The normalized spacial score (nSPS) is 11.3. The van der Waals surface area contributed by atoms with Crippen LogP contribution in [0.15, 0.2) is 35.1 Å². The van der Waals surface area contributed by atoms with Gasteiger partial charge in [0, 0.05) is 32.8 Å². The smallest absolute Gasteiger partial charge is 0.328 e. The lowest BCUT2D eigenvalue weighted by Gasteiger charge is -2.17. The molecular weight excluding hydrogens is 560 g/mol. The molecule has 0 saturated carbocycles. The first-order valence-electron chi connectivity index (χ1n) is 14.3. The number of nitrogens with two attached hydrogens (primary N) is 1. The van der Waals surface area contributed by atoms with Crippen LogP contribution in [0.25, 0.3) is 11.0 Å². The van der Waals surface area contributed by atoms with E-state index >= 15 is 0 Å². The third kappa shape index (κ3) is 9.97. The molecule has 0 aliphatic rings. The van der Waals surface area contributed by atoms with E-state index in [0.29, 0.717) is 106 Å². The van der Waals surface area contributed by atoms with E-state index < -0.39 is 5.91 Å². The van der Waals surface area contributed by atoms with Gasteiger partial charge in [0.15, 0.2) is 0 Å². The van der Waals surface area contributed by atoms with Crippen LogP contribution in [0, 0.1) is 0 Å². The van der Waals surface area contributed by atoms with E-state index in [1.165, 1.54) is 16.2 Å². The second kappa shape index (κ2) is 17.5.